The first-order valence-corrected chi connectivity index (χ1v) is 7.24. The van der Waals surface area contributed by atoms with Crippen molar-refractivity contribution < 1.29 is 5.11 Å². The lowest BCUT2D eigenvalue weighted by Crippen LogP contribution is -2.28. The van der Waals surface area contributed by atoms with Crippen molar-refractivity contribution in [3.8, 4) is 0 Å². The molecule has 0 saturated carbocycles. The number of rotatable bonds is 9. The van der Waals surface area contributed by atoms with Gasteiger partial charge in [0, 0.05) is 6.04 Å². The average molecular weight is 249 g/mol. The fourth-order valence-corrected chi connectivity index (χ4v) is 2.22. The summed E-state index contributed by atoms with van der Waals surface area (Å²) in [4.78, 5) is 0. The van der Waals surface area contributed by atoms with Crippen molar-refractivity contribution >= 4 is 0 Å². The minimum Gasteiger partial charge on any atom is -0.387 e. The first-order valence-electron chi connectivity index (χ1n) is 7.24. The van der Waals surface area contributed by atoms with Crippen molar-refractivity contribution in [2.45, 2.75) is 64.0 Å². The summed E-state index contributed by atoms with van der Waals surface area (Å²) in [5.74, 6) is 0. The van der Waals surface area contributed by atoms with Gasteiger partial charge in [0.2, 0.25) is 0 Å². The third-order valence-electron chi connectivity index (χ3n) is 3.44. The van der Waals surface area contributed by atoms with E-state index in [0.29, 0.717) is 0 Å². The predicted molar refractivity (Wildman–Crippen MR) is 77.4 cm³/mol. The molecule has 0 spiro atoms. The van der Waals surface area contributed by atoms with Gasteiger partial charge in [-0.2, -0.15) is 0 Å². The normalized spacial score (nSPS) is 14.4. The summed E-state index contributed by atoms with van der Waals surface area (Å²) in [7, 11) is 0. The smallest absolute Gasteiger partial charge is 0.0940 e. The molecular weight excluding hydrogens is 222 g/mol. The van der Waals surface area contributed by atoms with E-state index in [-0.39, 0.29) is 6.04 Å². The Hall–Kier alpha value is -0.860. The number of nitrogens with two attached hydrogens (primary N) is 1. The quantitative estimate of drug-likeness (QED) is 0.654. The maximum Gasteiger partial charge on any atom is 0.0940 e. The van der Waals surface area contributed by atoms with Gasteiger partial charge in [-0.1, -0.05) is 75.8 Å². The Labute approximate surface area is 111 Å². The molecule has 0 amide bonds. The monoisotopic (exact) mass is 249 g/mol. The van der Waals surface area contributed by atoms with Gasteiger partial charge in [0.1, 0.15) is 0 Å². The molecule has 0 saturated heterocycles. The maximum absolute atomic E-state index is 10.1. The molecular formula is C16H27NO. The number of aliphatic hydroxyl groups excluding tert-OH is 1. The van der Waals surface area contributed by atoms with Crippen LogP contribution in [0.5, 0.6) is 0 Å². The van der Waals surface area contributed by atoms with E-state index in [4.69, 9.17) is 5.73 Å². The van der Waals surface area contributed by atoms with Crippen LogP contribution >= 0.6 is 0 Å². The van der Waals surface area contributed by atoms with E-state index in [1.54, 1.807) is 0 Å². The summed E-state index contributed by atoms with van der Waals surface area (Å²) in [6.07, 6.45) is 7.97. The molecule has 2 atom stereocenters. The van der Waals surface area contributed by atoms with Crippen LogP contribution in [0.25, 0.3) is 0 Å². The Morgan fingerprint density at radius 1 is 1.00 bits per heavy atom. The molecule has 18 heavy (non-hydrogen) atoms. The summed E-state index contributed by atoms with van der Waals surface area (Å²) in [5, 5.41) is 10.1. The Morgan fingerprint density at radius 3 is 2.28 bits per heavy atom. The molecule has 2 nitrogen and oxygen atoms in total. The largest absolute Gasteiger partial charge is 0.387 e. The van der Waals surface area contributed by atoms with Crippen molar-refractivity contribution in [2.75, 3.05) is 0 Å². The van der Waals surface area contributed by atoms with E-state index < -0.39 is 6.10 Å². The summed E-state index contributed by atoms with van der Waals surface area (Å²) in [6.45, 7) is 2.23. The Morgan fingerprint density at radius 2 is 1.61 bits per heavy atom. The fourth-order valence-electron chi connectivity index (χ4n) is 2.22. The van der Waals surface area contributed by atoms with Crippen LogP contribution in [0.15, 0.2) is 30.3 Å². The van der Waals surface area contributed by atoms with Crippen LogP contribution in [0.3, 0.4) is 0 Å². The van der Waals surface area contributed by atoms with Crippen molar-refractivity contribution in [3.63, 3.8) is 0 Å². The van der Waals surface area contributed by atoms with Crippen molar-refractivity contribution in [1.29, 1.82) is 0 Å². The van der Waals surface area contributed by atoms with Crippen LogP contribution in [0, 0.1) is 0 Å². The molecule has 0 fully saturated rings. The zero-order chi connectivity index (χ0) is 13.2. The van der Waals surface area contributed by atoms with E-state index >= 15 is 0 Å². The van der Waals surface area contributed by atoms with E-state index in [2.05, 4.69) is 6.92 Å². The molecule has 2 heteroatoms. The minimum atomic E-state index is -0.526. The van der Waals surface area contributed by atoms with Crippen LogP contribution < -0.4 is 5.73 Å². The van der Waals surface area contributed by atoms with E-state index in [1.165, 1.54) is 32.1 Å². The molecule has 0 unspecified atom stereocenters. The van der Waals surface area contributed by atoms with Crippen molar-refractivity contribution in [1.82, 2.24) is 0 Å². The summed E-state index contributed by atoms with van der Waals surface area (Å²) >= 11 is 0. The molecule has 3 N–H and O–H groups in total. The van der Waals surface area contributed by atoms with Crippen LogP contribution in [0.2, 0.25) is 0 Å². The molecule has 1 rings (SSSR count). The van der Waals surface area contributed by atoms with E-state index in [9.17, 15) is 5.11 Å². The highest BCUT2D eigenvalue weighted by molar-refractivity contribution is 5.18. The third kappa shape index (κ3) is 5.65. The molecule has 102 valence electrons. The van der Waals surface area contributed by atoms with Gasteiger partial charge in [-0.25, -0.2) is 0 Å². The number of benzene rings is 1. The zero-order valence-corrected chi connectivity index (χ0v) is 11.5. The first kappa shape index (κ1) is 15.2. The predicted octanol–water partition coefficient (Wildman–Crippen LogP) is 3.80. The molecule has 0 heterocycles. The van der Waals surface area contributed by atoms with Gasteiger partial charge < -0.3 is 10.8 Å². The number of hydrogen-bond acceptors (Lipinski definition) is 2. The zero-order valence-electron chi connectivity index (χ0n) is 11.5. The van der Waals surface area contributed by atoms with Gasteiger partial charge in [0.25, 0.3) is 0 Å². The first-order chi connectivity index (χ1) is 8.75. The molecule has 0 aliphatic heterocycles. The lowest BCUT2D eigenvalue weighted by molar-refractivity contribution is 0.140. The number of unbranched alkanes of at least 4 members (excludes halogenated alkanes) is 5. The SMILES string of the molecule is CCCCCCCC[C@@H](N)[C@@H](O)c1ccccc1. The molecule has 0 aliphatic rings. The Bertz CT molecular complexity index is 299. The van der Waals surface area contributed by atoms with Crippen molar-refractivity contribution in [3.05, 3.63) is 35.9 Å². The van der Waals surface area contributed by atoms with Crippen LogP contribution in [-0.2, 0) is 0 Å². The lowest BCUT2D eigenvalue weighted by atomic mass is 9.97. The number of aliphatic hydroxyl groups is 1. The van der Waals surface area contributed by atoms with Gasteiger partial charge in [-0.3, -0.25) is 0 Å². The van der Waals surface area contributed by atoms with Gasteiger partial charge in [-0.15, -0.1) is 0 Å². The number of hydrogen-bond donors (Lipinski definition) is 2. The average Bonchev–Trinajstić information content (AvgIpc) is 2.42. The van der Waals surface area contributed by atoms with Crippen LogP contribution in [0.4, 0.5) is 0 Å². The second kappa shape index (κ2) is 9.12. The Balaban J connectivity index is 2.18. The van der Waals surface area contributed by atoms with Crippen LogP contribution in [-0.4, -0.2) is 11.1 Å². The highest BCUT2D eigenvalue weighted by atomic mass is 16.3. The molecule has 0 aromatic heterocycles. The molecule has 0 aliphatic carbocycles. The van der Waals surface area contributed by atoms with Gasteiger partial charge in [0.15, 0.2) is 0 Å². The third-order valence-corrected chi connectivity index (χ3v) is 3.44. The van der Waals surface area contributed by atoms with E-state index in [1.807, 2.05) is 30.3 Å². The fraction of sp³-hybridized carbons (Fsp3) is 0.625. The summed E-state index contributed by atoms with van der Waals surface area (Å²) in [5.41, 5.74) is 6.97. The second-order valence-electron chi connectivity index (χ2n) is 5.08. The van der Waals surface area contributed by atoms with Crippen LogP contribution in [0.1, 0.15) is 63.5 Å². The Kier molecular flexibility index (Phi) is 7.70. The second-order valence-corrected chi connectivity index (χ2v) is 5.08. The van der Waals surface area contributed by atoms with Gasteiger partial charge in [-0.05, 0) is 12.0 Å². The lowest BCUT2D eigenvalue weighted by Gasteiger charge is -2.19. The maximum atomic E-state index is 10.1. The van der Waals surface area contributed by atoms with Gasteiger partial charge in [0.05, 0.1) is 6.10 Å². The van der Waals surface area contributed by atoms with E-state index in [0.717, 1.165) is 18.4 Å². The summed E-state index contributed by atoms with van der Waals surface area (Å²) < 4.78 is 0. The van der Waals surface area contributed by atoms with Crippen molar-refractivity contribution in [2.24, 2.45) is 5.73 Å². The highest BCUT2D eigenvalue weighted by Crippen LogP contribution is 2.19. The highest BCUT2D eigenvalue weighted by Gasteiger charge is 2.15. The molecule has 1 aromatic carbocycles. The topological polar surface area (TPSA) is 46.2 Å². The minimum absolute atomic E-state index is 0.140. The molecule has 1 aromatic rings. The standard InChI is InChI=1S/C16H27NO/c1-2-3-4-5-6-10-13-15(17)16(18)14-11-8-7-9-12-14/h7-9,11-12,15-16,18H,2-6,10,13,17H2,1H3/t15-,16+/m1/s1. The molecule has 0 bridgehead atoms. The molecule has 0 radical (unpaired) electrons. The summed E-state index contributed by atoms with van der Waals surface area (Å²) in [6, 6.07) is 9.57. The van der Waals surface area contributed by atoms with Gasteiger partial charge >= 0.3 is 0 Å².